The molecule has 5 nitrogen and oxygen atoms in total. The third kappa shape index (κ3) is 2.63. The number of nitrogens with zero attached hydrogens (tertiary/aromatic N) is 1. The quantitative estimate of drug-likeness (QED) is 0.838. The van der Waals surface area contributed by atoms with E-state index >= 15 is 0 Å². The Balaban J connectivity index is 2.13. The molecule has 0 aromatic carbocycles. The summed E-state index contributed by atoms with van der Waals surface area (Å²) in [6.07, 6.45) is 2.81. The normalized spacial score (nSPS) is 23.8. The van der Waals surface area contributed by atoms with Crippen LogP contribution in [0.15, 0.2) is 18.3 Å². The van der Waals surface area contributed by atoms with Crippen LogP contribution in [0.4, 0.5) is 5.82 Å². The zero-order chi connectivity index (χ0) is 14.8. The molecule has 0 spiro atoms. The number of esters is 1. The van der Waals surface area contributed by atoms with Crippen molar-refractivity contribution in [1.82, 2.24) is 4.98 Å². The van der Waals surface area contributed by atoms with Gasteiger partial charge in [-0.2, -0.15) is 0 Å². The van der Waals surface area contributed by atoms with Gasteiger partial charge in [0.05, 0.1) is 12.7 Å². The molecule has 0 amide bonds. The Morgan fingerprint density at radius 3 is 2.90 bits per heavy atom. The Labute approximate surface area is 119 Å². The lowest BCUT2D eigenvalue weighted by Gasteiger charge is -2.51. The first-order valence-corrected chi connectivity index (χ1v) is 6.92. The summed E-state index contributed by atoms with van der Waals surface area (Å²) in [5.74, 6) is 0.238. The van der Waals surface area contributed by atoms with Gasteiger partial charge in [0.2, 0.25) is 0 Å². The van der Waals surface area contributed by atoms with E-state index in [1.54, 1.807) is 32.4 Å². The first kappa shape index (κ1) is 14.8. The second-order valence-corrected chi connectivity index (χ2v) is 5.60. The van der Waals surface area contributed by atoms with Gasteiger partial charge in [-0.25, -0.2) is 9.78 Å². The molecule has 0 aliphatic heterocycles. The van der Waals surface area contributed by atoms with Crippen LogP contribution in [0, 0.1) is 5.41 Å². The number of carbonyl (C=O) groups excluding carboxylic acids is 1. The molecule has 1 heterocycles. The molecule has 1 saturated carbocycles. The van der Waals surface area contributed by atoms with Crippen molar-refractivity contribution in [1.29, 1.82) is 0 Å². The molecule has 1 aliphatic rings. The Hall–Kier alpha value is -1.62. The summed E-state index contributed by atoms with van der Waals surface area (Å²) in [4.78, 5) is 16.2. The molecule has 2 atom stereocenters. The van der Waals surface area contributed by atoms with Crippen LogP contribution in [0.1, 0.15) is 37.6 Å². The molecule has 0 radical (unpaired) electrons. The van der Waals surface area contributed by atoms with Crippen molar-refractivity contribution in [2.45, 2.75) is 39.3 Å². The van der Waals surface area contributed by atoms with Gasteiger partial charge in [0.1, 0.15) is 11.4 Å². The molecule has 1 aromatic rings. The predicted octanol–water partition coefficient (Wildman–Crippen LogP) is 2.48. The second-order valence-electron chi connectivity index (χ2n) is 5.60. The van der Waals surface area contributed by atoms with Crippen LogP contribution in [0.25, 0.3) is 0 Å². The highest BCUT2D eigenvalue weighted by Gasteiger charge is 2.48. The molecule has 110 valence electrons. The van der Waals surface area contributed by atoms with Gasteiger partial charge in [0, 0.05) is 24.8 Å². The minimum atomic E-state index is -0.344. The number of ether oxygens (including phenoxy) is 2. The van der Waals surface area contributed by atoms with E-state index in [9.17, 15) is 4.79 Å². The van der Waals surface area contributed by atoms with E-state index in [-0.39, 0.29) is 23.5 Å². The standard InChI is InChI=1S/C15H22N2O3/c1-5-20-14(18)10-7-6-8-16-13(10)17-11-9-12(19-4)15(11,2)3/h6-8,11-12H,5,9H2,1-4H3,(H,16,17). The fraction of sp³-hybridized carbons (Fsp3) is 0.600. The second kappa shape index (κ2) is 5.79. The number of methoxy groups -OCH3 is 1. The van der Waals surface area contributed by atoms with Crippen molar-refractivity contribution >= 4 is 11.8 Å². The summed E-state index contributed by atoms with van der Waals surface area (Å²) in [6.45, 7) is 6.44. The number of hydrogen-bond acceptors (Lipinski definition) is 5. The number of carbonyl (C=O) groups is 1. The molecule has 20 heavy (non-hydrogen) atoms. The van der Waals surface area contributed by atoms with Crippen LogP contribution < -0.4 is 5.32 Å². The van der Waals surface area contributed by atoms with Gasteiger partial charge in [-0.1, -0.05) is 13.8 Å². The Morgan fingerprint density at radius 2 is 2.30 bits per heavy atom. The third-order valence-corrected chi connectivity index (χ3v) is 4.08. The predicted molar refractivity (Wildman–Crippen MR) is 76.8 cm³/mol. The van der Waals surface area contributed by atoms with Crippen molar-refractivity contribution in [3.63, 3.8) is 0 Å². The van der Waals surface area contributed by atoms with Crippen molar-refractivity contribution < 1.29 is 14.3 Å². The van der Waals surface area contributed by atoms with Gasteiger partial charge in [-0.05, 0) is 25.5 Å². The average Bonchev–Trinajstić information content (AvgIpc) is 2.43. The van der Waals surface area contributed by atoms with Crippen LogP contribution in [-0.4, -0.2) is 36.8 Å². The van der Waals surface area contributed by atoms with E-state index in [4.69, 9.17) is 9.47 Å². The molecule has 1 fully saturated rings. The van der Waals surface area contributed by atoms with Crippen molar-refractivity contribution in [3.05, 3.63) is 23.9 Å². The van der Waals surface area contributed by atoms with Gasteiger partial charge in [-0.15, -0.1) is 0 Å². The van der Waals surface area contributed by atoms with Crippen LogP contribution in [0.3, 0.4) is 0 Å². The maximum absolute atomic E-state index is 11.9. The molecule has 0 bridgehead atoms. The van der Waals surface area contributed by atoms with Gasteiger partial charge < -0.3 is 14.8 Å². The minimum Gasteiger partial charge on any atom is -0.462 e. The molecule has 1 aromatic heterocycles. The fourth-order valence-electron chi connectivity index (χ4n) is 2.59. The summed E-state index contributed by atoms with van der Waals surface area (Å²) < 4.78 is 10.5. The molecule has 0 saturated heterocycles. The summed E-state index contributed by atoms with van der Waals surface area (Å²) in [7, 11) is 1.73. The summed E-state index contributed by atoms with van der Waals surface area (Å²) in [5, 5.41) is 3.35. The molecule has 5 heteroatoms. The number of pyridine rings is 1. The lowest BCUT2D eigenvalue weighted by molar-refractivity contribution is -0.0795. The highest BCUT2D eigenvalue weighted by molar-refractivity contribution is 5.94. The van der Waals surface area contributed by atoms with Crippen molar-refractivity contribution in [3.8, 4) is 0 Å². The van der Waals surface area contributed by atoms with E-state index in [1.165, 1.54) is 0 Å². The molecular formula is C15H22N2O3. The zero-order valence-corrected chi connectivity index (χ0v) is 12.5. The maximum atomic E-state index is 11.9. The lowest BCUT2D eigenvalue weighted by Crippen LogP contribution is -2.57. The maximum Gasteiger partial charge on any atom is 0.341 e. The van der Waals surface area contributed by atoms with Crippen LogP contribution in [0.2, 0.25) is 0 Å². The lowest BCUT2D eigenvalue weighted by atomic mass is 9.64. The zero-order valence-electron chi connectivity index (χ0n) is 12.5. The first-order valence-electron chi connectivity index (χ1n) is 6.92. The number of hydrogen-bond donors (Lipinski definition) is 1. The Bertz CT molecular complexity index is 488. The molecule has 1 aliphatic carbocycles. The number of anilines is 1. The highest BCUT2D eigenvalue weighted by Crippen LogP contribution is 2.44. The number of nitrogens with one attached hydrogen (secondary N) is 1. The van der Waals surface area contributed by atoms with Gasteiger partial charge in [0.15, 0.2) is 0 Å². The van der Waals surface area contributed by atoms with Crippen molar-refractivity contribution in [2.75, 3.05) is 19.0 Å². The number of aromatic nitrogens is 1. The van der Waals surface area contributed by atoms with Crippen molar-refractivity contribution in [2.24, 2.45) is 5.41 Å². The first-order chi connectivity index (χ1) is 9.50. The van der Waals surface area contributed by atoms with Crippen LogP contribution in [0.5, 0.6) is 0 Å². The van der Waals surface area contributed by atoms with Gasteiger partial charge in [0.25, 0.3) is 0 Å². The largest absolute Gasteiger partial charge is 0.462 e. The smallest absolute Gasteiger partial charge is 0.341 e. The van der Waals surface area contributed by atoms with E-state index < -0.39 is 0 Å². The summed E-state index contributed by atoms with van der Waals surface area (Å²) >= 11 is 0. The monoisotopic (exact) mass is 278 g/mol. The van der Waals surface area contributed by atoms with Gasteiger partial charge in [-0.3, -0.25) is 0 Å². The molecule has 1 N–H and O–H groups in total. The minimum absolute atomic E-state index is 0.0121. The van der Waals surface area contributed by atoms with Gasteiger partial charge >= 0.3 is 5.97 Å². The van der Waals surface area contributed by atoms with E-state index in [2.05, 4.69) is 24.1 Å². The Morgan fingerprint density at radius 1 is 1.55 bits per heavy atom. The van der Waals surface area contributed by atoms with E-state index in [0.717, 1.165) is 6.42 Å². The molecule has 2 rings (SSSR count). The SMILES string of the molecule is CCOC(=O)c1cccnc1NC1CC(OC)C1(C)C. The topological polar surface area (TPSA) is 60.5 Å². The average molecular weight is 278 g/mol. The molecule has 2 unspecified atom stereocenters. The Kier molecular flexibility index (Phi) is 4.28. The van der Waals surface area contributed by atoms with E-state index in [0.29, 0.717) is 18.0 Å². The van der Waals surface area contributed by atoms with Crippen LogP contribution in [-0.2, 0) is 9.47 Å². The summed E-state index contributed by atoms with van der Waals surface area (Å²) in [5.41, 5.74) is 0.490. The van der Waals surface area contributed by atoms with E-state index in [1.807, 2.05) is 0 Å². The summed E-state index contributed by atoms with van der Waals surface area (Å²) in [6, 6.07) is 3.70. The highest BCUT2D eigenvalue weighted by atomic mass is 16.5. The number of rotatable bonds is 5. The molecular weight excluding hydrogens is 256 g/mol. The fourth-order valence-corrected chi connectivity index (χ4v) is 2.59. The van der Waals surface area contributed by atoms with Crippen LogP contribution >= 0.6 is 0 Å². The third-order valence-electron chi connectivity index (χ3n) is 4.08.